The molecule has 0 bridgehead atoms. The van der Waals surface area contributed by atoms with Gasteiger partial charge in [-0.15, -0.1) is 11.3 Å². The second kappa shape index (κ2) is 7.84. The predicted octanol–water partition coefficient (Wildman–Crippen LogP) is 2.74. The molecule has 1 aliphatic rings. The molecule has 0 atom stereocenters. The largest absolute Gasteiger partial charge is 0.279 e. The van der Waals surface area contributed by atoms with Crippen LogP contribution in [0.2, 0.25) is 0 Å². The number of hydrogen-bond donors (Lipinski definition) is 2. The molecular weight excluding hydrogens is 390 g/mol. The van der Waals surface area contributed by atoms with Crippen molar-refractivity contribution in [1.29, 1.82) is 0 Å². The van der Waals surface area contributed by atoms with Crippen LogP contribution >= 0.6 is 11.3 Å². The Hall–Kier alpha value is -3.52. The van der Waals surface area contributed by atoms with Crippen LogP contribution < -0.4 is 10.9 Å². The molecule has 0 unspecified atom stereocenters. The molecule has 0 fully saturated rings. The highest BCUT2D eigenvalue weighted by Crippen LogP contribution is 2.29. The number of imide groups is 1. The standard InChI is InChI=1S/C21H17N3O4S/c25-17(22-23-19(26)16-9-4-12-29-16)10-3-11-24-20(27)14-7-1-5-13-6-2-8-15(18(13)14)21(24)28/h1-2,4-9,12H,3,10-11H2,(H,22,25)(H,23,26). The van der Waals surface area contributed by atoms with Gasteiger partial charge in [-0.1, -0.05) is 30.3 Å². The van der Waals surface area contributed by atoms with Crippen LogP contribution in [0, 0.1) is 0 Å². The molecule has 8 heteroatoms. The lowest BCUT2D eigenvalue weighted by Crippen LogP contribution is -2.43. The molecule has 146 valence electrons. The number of nitrogens with zero attached hydrogens (tertiary/aromatic N) is 1. The summed E-state index contributed by atoms with van der Waals surface area (Å²) in [5, 5.41) is 3.29. The number of hydrazine groups is 1. The minimum absolute atomic E-state index is 0.0631. The number of hydrogen-bond acceptors (Lipinski definition) is 5. The summed E-state index contributed by atoms with van der Waals surface area (Å²) in [5.74, 6) is -1.50. The third kappa shape index (κ3) is 3.62. The second-order valence-corrected chi connectivity index (χ2v) is 7.50. The summed E-state index contributed by atoms with van der Waals surface area (Å²) in [7, 11) is 0. The zero-order chi connectivity index (χ0) is 20.4. The number of rotatable bonds is 5. The van der Waals surface area contributed by atoms with E-state index >= 15 is 0 Å². The van der Waals surface area contributed by atoms with Crippen LogP contribution in [0.3, 0.4) is 0 Å². The number of thiophene rings is 1. The fourth-order valence-corrected chi connectivity index (χ4v) is 3.96. The fraction of sp³-hybridized carbons (Fsp3) is 0.143. The van der Waals surface area contributed by atoms with Crippen LogP contribution in [-0.2, 0) is 4.79 Å². The highest BCUT2D eigenvalue weighted by atomic mass is 32.1. The minimum atomic E-state index is -0.394. The molecule has 0 spiro atoms. The summed E-state index contributed by atoms with van der Waals surface area (Å²) in [6.45, 7) is 0.120. The average Bonchev–Trinajstić information content (AvgIpc) is 3.27. The summed E-state index contributed by atoms with van der Waals surface area (Å²) < 4.78 is 0. The van der Waals surface area contributed by atoms with Gasteiger partial charge in [-0.05, 0) is 35.4 Å². The number of carbonyl (C=O) groups is 4. The van der Waals surface area contributed by atoms with Gasteiger partial charge in [0.15, 0.2) is 0 Å². The maximum atomic E-state index is 12.8. The lowest BCUT2D eigenvalue weighted by atomic mass is 9.94. The van der Waals surface area contributed by atoms with Crippen molar-refractivity contribution in [3.8, 4) is 0 Å². The van der Waals surface area contributed by atoms with E-state index < -0.39 is 5.91 Å². The highest BCUT2D eigenvalue weighted by molar-refractivity contribution is 7.12. The van der Waals surface area contributed by atoms with E-state index in [1.54, 1.807) is 41.8 Å². The van der Waals surface area contributed by atoms with Gasteiger partial charge in [-0.3, -0.25) is 34.9 Å². The van der Waals surface area contributed by atoms with Crippen molar-refractivity contribution in [2.75, 3.05) is 6.54 Å². The molecule has 3 aromatic rings. The molecule has 2 N–H and O–H groups in total. The predicted molar refractivity (Wildman–Crippen MR) is 108 cm³/mol. The molecule has 0 saturated heterocycles. The Morgan fingerprint density at radius 2 is 1.59 bits per heavy atom. The number of benzene rings is 2. The van der Waals surface area contributed by atoms with Gasteiger partial charge in [0.2, 0.25) is 5.91 Å². The van der Waals surface area contributed by atoms with E-state index in [1.165, 1.54) is 16.2 Å². The van der Waals surface area contributed by atoms with Crippen molar-refractivity contribution in [2.45, 2.75) is 12.8 Å². The normalized spacial score (nSPS) is 12.9. The van der Waals surface area contributed by atoms with Crippen LogP contribution in [-0.4, -0.2) is 35.1 Å². The summed E-state index contributed by atoms with van der Waals surface area (Å²) >= 11 is 1.27. The molecule has 29 heavy (non-hydrogen) atoms. The minimum Gasteiger partial charge on any atom is -0.274 e. The molecule has 2 heterocycles. The van der Waals surface area contributed by atoms with Gasteiger partial charge in [0, 0.05) is 29.5 Å². The van der Waals surface area contributed by atoms with Crippen molar-refractivity contribution in [2.24, 2.45) is 0 Å². The van der Waals surface area contributed by atoms with Crippen LogP contribution in [0.15, 0.2) is 53.9 Å². The van der Waals surface area contributed by atoms with E-state index in [9.17, 15) is 19.2 Å². The van der Waals surface area contributed by atoms with Gasteiger partial charge in [-0.2, -0.15) is 0 Å². The van der Waals surface area contributed by atoms with E-state index in [0.717, 1.165) is 5.39 Å². The average molecular weight is 407 g/mol. The van der Waals surface area contributed by atoms with Crippen molar-refractivity contribution >= 4 is 45.7 Å². The SMILES string of the molecule is O=C(CCCN1C(=O)c2cccc3cccc(c23)C1=O)NNC(=O)c1cccs1. The molecule has 4 amide bonds. The van der Waals surface area contributed by atoms with E-state index in [-0.39, 0.29) is 37.1 Å². The molecule has 1 aromatic heterocycles. The lowest BCUT2D eigenvalue weighted by molar-refractivity contribution is -0.122. The van der Waals surface area contributed by atoms with Gasteiger partial charge in [-0.25, -0.2) is 0 Å². The molecule has 0 aliphatic carbocycles. The smallest absolute Gasteiger partial charge is 0.274 e. The van der Waals surface area contributed by atoms with Gasteiger partial charge >= 0.3 is 0 Å². The van der Waals surface area contributed by atoms with E-state index in [2.05, 4.69) is 10.9 Å². The summed E-state index contributed by atoms with van der Waals surface area (Å²) in [6, 6.07) is 14.1. The number of carbonyl (C=O) groups excluding carboxylic acids is 4. The van der Waals surface area contributed by atoms with E-state index in [1.807, 2.05) is 12.1 Å². The Balaban J connectivity index is 1.36. The summed E-state index contributed by atoms with van der Waals surface area (Å²) in [6.07, 6.45) is 0.351. The van der Waals surface area contributed by atoms with Crippen molar-refractivity contribution in [3.63, 3.8) is 0 Å². The van der Waals surface area contributed by atoms with E-state index in [4.69, 9.17) is 0 Å². The van der Waals surface area contributed by atoms with Gasteiger partial charge in [0.25, 0.3) is 17.7 Å². The molecule has 4 rings (SSSR count). The first-order valence-electron chi connectivity index (χ1n) is 9.07. The Bertz CT molecular complexity index is 1070. The van der Waals surface area contributed by atoms with Crippen molar-refractivity contribution in [1.82, 2.24) is 15.8 Å². The Kier molecular flexibility index (Phi) is 5.09. The first-order chi connectivity index (χ1) is 14.1. The first-order valence-corrected chi connectivity index (χ1v) is 9.95. The topological polar surface area (TPSA) is 95.6 Å². The molecular formula is C21H17N3O4S. The van der Waals surface area contributed by atoms with Crippen molar-refractivity contribution in [3.05, 3.63) is 69.9 Å². The second-order valence-electron chi connectivity index (χ2n) is 6.55. The van der Waals surface area contributed by atoms with Gasteiger partial charge < -0.3 is 0 Å². The van der Waals surface area contributed by atoms with Crippen LogP contribution in [0.4, 0.5) is 0 Å². The molecule has 2 aromatic carbocycles. The third-order valence-corrected chi connectivity index (χ3v) is 5.57. The van der Waals surface area contributed by atoms with Gasteiger partial charge in [0.1, 0.15) is 0 Å². The maximum Gasteiger partial charge on any atom is 0.279 e. The molecule has 0 saturated carbocycles. The lowest BCUT2D eigenvalue weighted by Gasteiger charge is -2.27. The van der Waals surface area contributed by atoms with Crippen LogP contribution in [0.1, 0.15) is 43.2 Å². The van der Waals surface area contributed by atoms with Crippen LogP contribution in [0.25, 0.3) is 10.8 Å². The zero-order valence-corrected chi connectivity index (χ0v) is 16.1. The third-order valence-electron chi connectivity index (χ3n) is 4.70. The quantitative estimate of drug-likeness (QED) is 0.502. The monoisotopic (exact) mass is 407 g/mol. The molecule has 7 nitrogen and oxygen atoms in total. The number of nitrogens with one attached hydrogen (secondary N) is 2. The summed E-state index contributed by atoms with van der Waals surface area (Å²) in [5.41, 5.74) is 5.67. The molecule has 0 radical (unpaired) electrons. The van der Waals surface area contributed by atoms with E-state index in [0.29, 0.717) is 21.4 Å². The highest BCUT2D eigenvalue weighted by Gasteiger charge is 2.32. The van der Waals surface area contributed by atoms with Crippen LogP contribution in [0.5, 0.6) is 0 Å². The molecule has 1 aliphatic heterocycles. The Morgan fingerprint density at radius 1 is 0.897 bits per heavy atom. The maximum absolute atomic E-state index is 12.8. The Morgan fingerprint density at radius 3 is 2.21 bits per heavy atom. The number of amides is 4. The zero-order valence-electron chi connectivity index (χ0n) is 15.3. The van der Waals surface area contributed by atoms with Crippen molar-refractivity contribution < 1.29 is 19.2 Å². The Labute approximate surface area is 170 Å². The van der Waals surface area contributed by atoms with Gasteiger partial charge in [0.05, 0.1) is 4.88 Å². The first kappa shape index (κ1) is 18.8. The fourth-order valence-electron chi connectivity index (χ4n) is 3.34. The summed E-state index contributed by atoms with van der Waals surface area (Å²) in [4.78, 5) is 51.0.